The summed E-state index contributed by atoms with van der Waals surface area (Å²) in [6, 6.07) is 1.69. The minimum absolute atomic E-state index is 0.00912. The molecule has 4 heteroatoms. The lowest BCUT2D eigenvalue weighted by atomic mass is 9.99. The average molecular weight is 185 g/mol. The van der Waals surface area contributed by atoms with Crippen molar-refractivity contribution in [3.8, 4) is 0 Å². The van der Waals surface area contributed by atoms with E-state index in [-0.39, 0.29) is 6.54 Å². The molecule has 2 N–H and O–H groups in total. The van der Waals surface area contributed by atoms with E-state index in [1.165, 1.54) is 0 Å². The number of nitrogens with two attached hydrogens (primary N) is 1. The number of halogens is 1. The Balaban J connectivity index is 3.03. The maximum atomic E-state index is 14.1. The van der Waals surface area contributed by atoms with E-state index in [4.69, 9.17) is 5.73 Å². The van der Waals surface area contributed by atoms with Gasteiger partial charge in [0, 0.05) is 19.3 Å². The van der Waals surface area contributed by atoms with Crippen molar-refractivity contribution >= 4 is 0 Å². The van der Waals surface area contributed by atoms with Gasteiger partial charge in [0.25, 0.3) is 0 Å². The number of aromatic nitrogens is 2. The molecule has 1 atom stereocenters. The van der Waals surface area contributed by atoms with Gasteiger partial charge in [0.1, 0.15) is 0 Å². The fourth-order valence-electron chi connectivity index (χ4n) is 1.40. The highest BCUT2D eigenvalue weighted by Crippen LogP contribution is 2.27. The van der Waals surface area contributed by atoms with Crippen molar-refractivity contribution in [2.75, 3.05) is 6.54 Å². The van der Waals surface area contributed by atoms with E-state index >= 15 is 0 Å². The van der Waals surface area contributed by atoms with Crippen LogP contribution in [0.25, 0.3) is 0 Å². The lowest BCUT2D eigenvalue weighted by molar-refractivity contribution is 0.154. The number of hydrogen-bond acceptors (Lipinski definition) is 2. The normalized spacial score (nSPS) is 15.7. The second-order valence-electron chi connectivity index (χ2n) is 3.06. The van der Waals surface area contributed by atoms with Crippen LogP contribution >= 0.6 is 0 Å². The SMILES string of the molecule is CCn1nccc1C(F)(CC)CN. The molecular formula is C9H16FN3. The Morgan fingerprint density at radius 2 is 2.31 bits per heavy atom. The first-order chi connectivity index (χ1) is 6.18. The number of aryl methyl sites for hydroxylation is 1. The number of rotatable bonds is 4. The molecule has 0 saturated heterocycles. The van der Waals surface area contributed by atoms with E-state index in [0.29, 0.717) is 18.7 Å². The molecule has 0 aliphatic carbocycles. The van der Waals surface area contributed by atoms with Crippen molar-refractivity contribution in [2.24, 2.45) is 5.73 Å². The number of alkyl halides is 1. The van der Waals surface area contributed by atoms with Gasteiger partial charge in [0.15, 0.2) is 5.67 Å². The molecule has 1 heterocycles. The van der Waals surface area contributed by atoms with Gasteiger partial charge >= 0.3 is 0 Å². The number of nitrogens with zero attached hydrogens (tertiary/aromatic N) is 2. The van der Waals surface area contributed by atoms with E-state index in [2.05, 4.69) is 5.10 Å². The Morgan fingerprint density at radius 3 is 2.77 bits per heavy atom. The summed E-state index contributed by atoms with van der Waals surface area (Å²) < 4.78 is 15.7. The molecule has 74 valence electrons. The van der Waals surface area contributed by atoms with Gasteiger partial charge in [-0.05, 0) is 19.4 Å². The fraction of sp³-hybridized carbons (Fsp3) is 0.667. The molecule has 1 unspecified atom stereocenters. The van der Waals surface area contributed by atoms with Crippen LogP contribution in [0.15, 0.2) is 12.3 Å². The molecule has 3 nitrogen and oxygen atoms in total. The molecule has 0 amide bonds. The molecular weight excluding hydrogens is 169 g/mol. The van der Waals surface area contributed by atoms with Crippen molar-refractivity contribution in [1.82, 2.24) is 9.78 Å². The first kappa shape index (κ1) is 10.2. The smallest absolute Gasteiger partial charge is 0.164 e. The predicted molar refractivity (Wildman–Crippen MR) is 50.0 cm³/mol. The minimum Gasteiger partial charge on any atom is -0.327 e. The summed E-state index contributed by atoms with van der Waals surface area (Å²) in [5.74, 6) is 0. The lowest BCUT2D eigenvalue weighted by Crippen LogP contribution is -2.32. The monoisotopic (exact) mass is 185 g/mol. The molecule has 13 heavy (non-hydrogen) atoms. The summed E-state index contributed by atoms with van der Waals surface area (Å²) in [5.41, 5.74) is 4.58. The zero-order valence-corrected chi connectivity index (χ0v) is 8.13. The Bertz CT molecular complexity index is 266. The highest BCUT2D eigenvalue weighted by atomic mass is 19.1. The first-order valence-electron chi connectivity index (χ1n) is 4.59. The van der Waals surface area contributed by atoms with Crippen LogP contribution in [0.4, 0.5) is 4.39 Å². The van der Waals surface area contributed by atoms with Gasteiger partial charge < -0.3 is 5.73 Å². The van der Waals surface area contributed by atoms with Crippen molar-refractivity contribution in [3.63, 3.8) is 0 Å². The lowest BCUT2D eigenvalue weighted by Gasteiger charge is -2.22. The van der Waals surface area contributed by atoms with Gasteiger partial charge in [-0.25, -0.2) is 4.39 Å². The highest BCUT2D eigenvalue weighted by Gasteiger charge is 2.31. The second kappa shape index (κ2) is 3.87. The largest absolute Gasteiger partial charge is 0.327 e. The molecule has 0 bridgehead atoms. The van der Waals surface area contributed by atoms with Crippen LogP contribution in [0.1, 0.15) is 26.0 Å². The quantitative estimate of drug-likeness (QED) is 0.771. The zero-order valence-electron chi connectivity index (χ0n) is 8.13. The molecule has 0 spiro atoms. The number of hydrogen-bond donors (Lipinski definition) is 1. The van der Waals surface area contributed by atoms with Crippen LogP contribution in [0.3, 0.4) is 0 Å². The topological polar surface area (TPSA) is 43.8 Å². The minimum atomic E-state index is -1.42. The fourth-order valence-corrected chi connectivity index (χ4v) is 1.40. The van der Waals surface area contributed by atoms with Crippen molar-refractivity contribution in [1.29, 1.82) is 0 Å². The molecule has 1 aromatic heterocycles. The van der Waals surface area contributed by atoms with Crippen LogP contribution in [-0.2, 0) is 12.2 Å². The van der Waals surface area contributed by atoms with Gasteiger partial charge in [-0.1, -0.05) is 6.92 Å². The summed E-state index contributed by atoms with van der Waals surface area (Å²) in [6.45, 7) is 4.41. The van der Waals surface area contributed by atoms with Crippen molar-refractivity contribution in [3.05, 3.63) is 18.0 Å². The van der Waals surface area contributed by atoms with Gasteiger partial charge in [-0.2, -0.15) is 5.10 Å². The third-order valence-corrected chi connectivity index (χ3v) is 2.36. The molecule has 0 aromatic carbocycles. The molecule has 1 aromatic rings. The second-order valence-corrected chi connectivity index (χ2v) is 3.06. The van der Waals surface area contributed by atoms with Crippen LogP contribution < -0.4 is 5.73 Å². The van der Waals surface area contributed by atoms with Gasteiger partial charge in [0.2, 0.25) is 0 Å². The molecule has 0 fully saturated rings. The van der Waals surface area contributed by atoms with Gasteiger partial charge in [0.05, 0.1) is 5.69 Å². The van der Waals surface area contributed by atoms with Crippen LogP contribution in [0.5, 0.6) is 0 Å². The average Bonchev–Trinajstić information content (AvgIpc) is 2.65. The predicted octanol–water partition coefficient (Wildman–Crippen LogP) is 1.44. The van der Waals surface area contributed by atoms with Crippen molar-refractivity contribution in [2.45, 2.75) is 32.5 Å². The summed E-state index contributed by atoms with van der Waals surface area (Å²) >= 11 is 0. The zero-order chi connectivity index (χ0) is 9.90. The Morgan fingerprint density at radius 1 is 1.62 bits per heavy atom. The van der Waals surface area contributed by atoms with Crippen LogP contribution in [0, 0.1) is 0 Å². The van der Waals surface area contributed by atoms with Crippen LogP contribution in [-0.4, -0.2) is 16.3 Å². The Kier molecular flexibility index (Phi) is 3.03. The maximum Gasteiger partial charge on any atom is 0.164 e. The highest BCUT2D eigenvalue weighted by molar-refractivity contribution is 5.12. The summed E-state index contributed by atoms with van der Waals surface area (Å²) in [7, 11) is 0. The molecule has 0 saturated carbocycles. The maximum absolute atomic E-state index is 14.1. The summed E-state index contributed by atoms with van der Waals surface area (Å²) in [6.07, 6.45) is 1.99. The van der Waals surface area contributed by atoms with E-state index in [1.807, 2.05) is 6.92 Å². The van der Waals surface area contributed by atoms with E-state index in [9.17, 15) is 4.39 Å². The standard InChI is InChI=1S/C9H16FN3/c1-3-9(10,7-11)8-5-6-12-13(8)4-2/h5-6H,3-4,7,11H2,1-2H3. The third kappa shape index (κ3) is 1.72. The molecule has 0 aliphatic rings. The van der Waals surface area contributed by atoms with Crippen LogP contribution in [0.2, 0.25) is 0 Å². The molecule has 1 rings (SSSR count). The van der Waals surface area contributed by atoms with Crippen molar-refractivity contribution < 1.29 is 4.39 Å². The Labute approximate surface area is 77.7 Å². The summed E-state index contributed by atoms with van der Waals surface area (Å²) in [5, 5.41) is 4.02. The molecule has 0 aliphatic heterocycles. The third-order valence-electron chi connectivity index (χ3n) is 2.36. The van der Waals surface area contributed by atoms with E-state index < -0.39 is 5.67 Å². The van der Waals surface area contributed by atoms with Gasteiger partial charge in [-0.15, -0.1) is 0 Å². The van der Waals surface area contributed by atoms with E-state index in [1.54, 1.807) is 23.9 Å². The molecule has 0 radical (unpaired) electrons. The summed E-state index contributed by atoms with van der Waals surface area (Å²) in [4.78, 5) is 0. The first-order valence-corrected chi connectivity index (χ1v) is 4.59. The van der Waals surface area contributed by atoms with Gasteiger partial charge in [-0.3, -0.25) is 4.68 Å². The van der Waals surface area contributed by atoms with E-state index in [0.717, 1.165) is 0 Å². The Hall–Kier alpha value is -0.900.